The van der Waals surface area contributed by atoms with E-state index in [1.807, 2.05) is 18.5 Å². The molecule has 0 saturated heterocycles. The zero-order valence-corrected chi connectivity index (χ0v) is 13.8. The Hall–Kier alpha value is -1.60. The Labute approximate surface area is 138 Å². The van der Waals surface area contributed by atoms with Gasteiger partial charge < -0.3 is 15.0 Å². The van der Waals surface area contributed by atoms with Gasteiger partial charge in [0.05, 0.1) is 28.7 Å². The minimum Gasteiger partial charge on any atom is -0.393 e. The number of benzene rings is 1. The molecule has 1 saturated carbocycles. The van der Waals surface area contributed by atoms with E-state index in [-0.39, 0.29) is 12.1 Å². The van der Waals surface area contributed by atoms with Gasteiger partial charge >= 0.3 is 6.18 Å². The molecule has 0 amide bonds. The predicted molar refractivity (Wildman–Crippen MR) is 85.5 cm³/mol. The lowest BCUT2D eigenvalue weighted by molar-refractivity contribution is -0.137. The van der Waals surface area contributed by atoms with Gasteiger partial charge in [0.25, 0.3) is 0 Å². The second-order valence-corrected chi connectivity index (χ2v) is 6.62. The largest absolute Gasteiger partial charge is 0.416 e. The van der Waals surface area contributed by atoms with Crippen LogP contribution >= 0.6 is 0 Å². The van der Waals surface area contributed by atoms with Crippen LogP contribution < -0.4 is 5.32 Å². The van der Waals surface area contributed by atoms with Gasteiger partial charge in [-0.1, -0.05) is 0 Å². The Morgan fingerprint density at radius 2 is 1.92 bits per heavy atom. The van der Waals surface area contributed by atoms with Crippen molar-refractivity contribution in [2.24, 2.45) is 7.05 Å². The SMILES string of the molecule is CC(NC1CCC(O)CC1)c1nc2cc(C(F)(F)F)ccc2n1C. The molecule has 0 aliphatic heterocycles. The quantitative estimate of drug-likeness (QED) is 0.898. The molecule has 1 fully saturated rings. The number of hydrogen-bond acceptors (Lipinski definition) is 3. The summed E-state index contributed by atoms with van der Waals surface area (Å²) in [5, 5.41) is 13.1. The third-order valence-electron chi connectivity index (χ3n) is 4.81. The van der Waals surface area contributed by atoms with Gasteiger partial charge in [0.1, 0.15) is 5.82 Å². The molecule has 0 radical (unpaired) electrons. The number of aliphatic hydroxyl groups excluding tert-OH is 1. The van der Waals surface area contributed by atoms with Crippen LogP contribution in [0.5, 0.6) is 0 Å². The van der Waals surface area contributed by atoms with E-state index in [4.69, 9.17) is 0 Å². The zero-order chi connectivity index (χ0) is 17.5. The van der Waals surface area contributed by atoms with Crippen molar-refractivity contribution in [3.63, 3.8) is 0 Å². The van der Waals surface area contributed by atoms with Crippen LogP contribution in [0.1, 0.15) is 50.0 Å². The molecule has 1 aliphatic rings. The predicted octanol–water partition coefficient (Wildman–Crippen LogP) is 3.55. The normalized spacial score (nSPS) is 23.6. The molecule has 0 spiro atoms. The number of aliphatic hydroxyl groups is 1. The summed E-state index contributed by atoms with van der Waals surface area (Å²) in [7, 11) is 1.82. The van der Waals surface area contributed by atoms with Gasteiger partial charge in [-0.15, -0.1) is 0 Å². The van der Waals surface area contributed by atoms with Gasteiger partial charge in [0.15, 0.2) is 0 Å². The first-order chi connectivity index (χ1) is 11.3. The number of rotatable bonds is 3. The van der Waals surface area contributed by atoms with Crippen molar-refractivity contribution < 1.29 is 18.3 Å². The number of nitrogens with one attached hydrogen (secondary N) is 1. The van der Waals surface area contributed by atoms with Crippen LogP contribution in [0.4, 0.5) is 13.2 Å². The van der Waals surface area contributed by atoms with Crippen LogP contribution in [-0.2, 0) is 13.2 Å². The molecule has 1 unspecified atom stereocenters. The highest BCUT2D eigenvalue weighted by atomic mass is 19.4. The summed E-state index contributed by atoms with van der Waals surface area (Å²) in [6.45, 7) is 1.97. The molecule has 0 bridgehead atoms. The smallest absolute Gasteiger partial charge is 0.393 e. The first-order valence-corrected chi connectivity index (χ1v) is 8.23. The van der Waals surface area contributed by atoms with E-state index in [9.17, 15) is 18.3 Å². The van der Waals surface area contributed by atoms with Gasteiger partial charge in [0, 0.05) is 13.1 Å². The van der Waals surface area contributed by atoms with Crippen molar-refractivity contribution in [2.45, 2.75) is 57.0 Å². The zero-order valence-electron chi connectivity index (χ0n) is 13.8. The number of hydrogen-bond donors (Lipinski definition) is 2. The first kappa shape index (κ1) is 17.2. The minimum atomic E-state index is -4.36. The van der Waals surface area contributed by atoms with Gasteiger partial charge in [-0.25, -0.2) is 4.98 Å². The minimum absolute atomic E-state index is 0.0722. The Bertz CT molecular complexity index is 718. The number of imidazole rings is 1. The molecule has 1 heterocycles. The second-order valence-electron chi connectivity index (χ2n) is 6.62. The van der Waals surface area contributed by atoms with Crippen LogP contribution in [0, 0.1) is 0 Å². The second kappa shape index (κ2) is 6.37. The standard InChI is InChI=1S/C17H22F3N3O/c1-10(21-12-4-6-13(24)7-5-12)16-22-14-9-11(17(18,19)20)3-8-15(14)23(16)2/h3,8-10,12-13,21,24H,4-7H2,1-2H3. The third kappa shape index (κ3) is 3.42. The van der Waals surface area contributed by atoms with E-state index < -0.39 is 11.7 Å². The van der Waals surface area contributed by atoms with Crippen molar-refractivity contribution >= 4 is 11.0 Å². The Morgan fingerprint density at radius 3 is 2.54 bits per heavy atom. The molecule has 1 aliphatic carbocycles. The highest BCUT2D eigenvalue weighted by Gasteiger charge is 2.31. The molecular weight excluding hydrogens is 319 g/mol. The summed E-state index contributed by atoms with van der Waals surface area (Å²) in [6.07, 6.45) is -1.22. The highest BCUT2D eigenvalue weighted by Crippen LogP contribution is 2.32. The summed E-state index contributed by atoms with van der Waals surface area (Å²) in [6, 6.07) is 3.89. The molecule has 24 heavy (non-hydrogen) atoms. The topological polar surface area (TPSA) is 50.1 Å². The lowest BCUT2D eigenvalue weighted by atomic mass is 9.92. The van der Waals surface area contributed by atoms with E-state index in [1.165, 1.54) is 6.07 Å². The molecule has 3 rings (SSSR count). The van der Waals surface area contributed by atoms with Crippen molar-refractivity contribution in [3.05, 3.63) is 29.6 Å². The Balaban J connectivity index is 1.82. The summed E-state index contributed by atoms with van der Waals surface area (Å²) in [5.41, 5.74) is 0.363. The molecule has 1 aromatic heterocycles. The van der Waals surface area contributed by atoms with Crippen molar-refractivity contribution in [3.8, 4) is 0 Å². The maximum absolute atomic E-state index is 12.9. The highest BCUT2D eigenvalue weighted by molar-refractivity contribution is 5.77. The van der Waals surface area contributed by atoms with Crippen molar-refractivity contribution in [2.75, 3.05) is 0 Å². The van der Waals surface area contributed by atoms with E-state index in [2.05, 4.69) is 10.3 Å². The fourth-order valence-corrected chi connectivity index (χ4v) is 3.45. The monoisotopic (exact) mass is 341 g/mol. The van der Waals surface area contributed by atoms with Crippen molar-refractivity contribution in [1.29, 1.82) is 0 Å². The van der Waals surface area contributed by atoms with Crippen LogP contribution in [0.3, 0.4) is 0 Å². The Morgan fingerprint density at radius 1 is 1.25 bits per heavy atom. The molecule has 4 nitrogen and oxygen atoms in total. The van der Waals surface area contributed by atoms with E-state index >= 15 is 0 Å². The number of fused-ring (bicyclic) bond motifs is 1. The van der Waals surface area contributed by atoms with Crippen LogP contribution in [0.25, 0.3) is 11.0 Å². The van der Waals surface area contributed by atoms with Crippen LogP contribution in [0.2, 0.25) is 0 Å². The lowest BCUT2D eigenvalue weighted by Crippen LogP contribution is -2.36. The fraction of sp³-hybridized carbons (Fsp3) is 0.588. The fourth-order valence-electron chi connectivity index (χ4n) is 3.45. The molecule has 1 atom stereocenters. The molecule has 1 aromatic carbocycles. The average Bonchev–Trinajstić information content (AvgIpc) is 2.85. The molecule has 132 valence electrons. The van der Waals surface area contributed by atoms with Crippen molar-refractivity contribution in [1.82, 2.24) is 14.9 Å². The number of aromatic nitrogens is 2. The molecule has 2 N–H and O–H groups in total. The van der Waals surface area contributed by atoms with E-state index in [1.54, 1.807) is 0 Å². The lowest BCUT2D eigenvalue weighted by Gasteiger charge is -2.28. The maximum atomic E-state index is 12.9. The summed E-state index contributed by atoms with van der Waals surface area (Å²) < 4.78 is 40.4. The molecular formula is C17H22F3N3O. The van der Waals surface area contributed by atoms with Gasteiger partial charge in [-0.05, 0) is 50.8 Å². The van der Waals surface area contributed by atoms with Crippen LogP contribution in [-0.4, -0.2) is 26.8 Å². The van der Waals surface area contributed by atoms with Gasteiger partial charge in [-0.3, -0.25) is 0 Å². The number of aryl methyl sites for hydroxylation is 1. The Kier molecular flexibility index (Phi) is 4.57. The number of nitrogens with zero attached hydrogens (tertiary/aromatic N) is 2. The number of halogens is 3. The molecule has 7 heteroatoms. The van der Waals surface area contributed by atoms with E-state index in [0.717, 1.165) is 43.6 Å². The van der Waals surface area contributed by atoms with E-state index in [0.29, 0.717) is 17.1 Å². The first-order valence-electron chi connectivity index (χ1n) is 8.23. The summed E-state index contributed by atoms with van der Waals surface area (Å²) >= 11 is 0. The van der Waals surface area contributed by atoms with Gasteiger partial charge in [0.2, 0.25) is 0 Å². The maximum Gasteiger partial charge on any atom is 0.416 e. The van der Waals surface area contributed by atoms with Gasteiger partial charge in [-0.2, -0.15) is 13.2 Å². The average molecular weight is 341 g/mol. The summed E-state index contributed by atoms with van der Waals surface area (Å²) in [5.74, 6) is 0.718. The molecule has 2 aromatic rings. The third-order valence-corrected chi connectivity index (χ3v) is 4.81. The number of alkyl halides is 3. The van der Waals surface area contributed by atoms with Crippen LogP contribution in [0.15, 0.2) is 18.2 Å². The summed E-state index contributed by atoms with van der Waals surface area (Å²) in [4.78, 5) is 4.42.